The van der Waals surface area contributed by atoms with E-state index in [2.05, 4.69) is 17.1 Å². The number of nitrogens with zero attached hydrogens (tertiary/aromatic N) is 2. The van der Waals surface area contributed by atoms with Crippen LogP contribution in [0.4, 0.5) is 5.69 Å². The number of likely N-dealkylation sites (N-methyl/N-ethyl adjacent to an activating group) is 1. The van der Waals surface area contributed by atoms with Crippen molar-refractivity contribution >= 4 is 23.5 Å². The number of amides is 2. The molecule has 0 saturated carbocycles. The number of esters is 1. The van der Waals surface area contributed by atoms with E-state index in [1.807, 2.05) is 0 Å². The van der Waals surface area contributed by atoms with E-state index >= 15 is 0 Å². The first-order chi connectivity index (χ1) is 12.8. The average molecular weight is 375 g/mol. The van der Waals surface area contributed by atoms with Crippen LogP contribution in [0.3, 0.4) is 0 Å². The van der Waals surface area contributed by atoms with Crippen LogP contribution in [-0.2, 0) is 14.3 Å². The molecular weight excluding hydrogens is 346 g/mol. The second kappa shape index (κ2) is 8.99. The maximum Gasteiger partial charge on any atom is 0.338 e. The molecule has 0 radical (unpaired) electrons. The molecular formula is C20H29N3O4. The number of carbonyl (C=O) groups is 3. The van der Waals surface area contributed by atoms with E-state index in [1.54, 1.807) is 49.9 Å². The zero-order valence-electron chi connectivity index (χ0n) is 16.6. The van der Waals surface area contributed by atoms with E-state index in [1.165, 1.54) is 0 Å². The Morgan fingerprint density at radius 1 is 1.04 bits per heavy atom. The largest absolute Gasteiger partial charge is 0.462 e. The van der Waals surface area contributed by atoms with Gasteiger partial charge in [-0.3, -0.25) is 9.59 Å². The van der Waals surface area contributed by atoms with Crippen molar-refractivity contribution in [3.63, 3.8) is 0 Å². The van der Waals surface area contributed by atoms with Crippen LogP contribution in [0.5, 0.6) is 0 Å². The number of anilines is 1. The molecule has 2 amide bonds. The van der Waals surface area contributed by atoms with Gasteiger partial charge >= 0.3 is 5.97 Å². The van der Waals surface area contributed by atoms with E-state index < -0.39 is 11.4 Å². The molecule has 1 aromatic rings. The zero-order chi connectivity index (χ0) is 20.0. The van der Waals surface area contributed by atoms with Gasteiger partial charge in [0.2, 0.25) is 11.8 Å². The van der Waals surface area contributed by atoms with Crippen LogP contribution >= 0.6 is 0 Å². The topological polar surface area (TPSA) is 78.9 Å². The SMILES string of the molecule is CCOC(=O)c1ccc(NC(=O)C(C)(C)C(=O)N2CCN(CC)CC2)cc1. The quantitative estimate of drug-likeness (QED) is 0.608. The number of hydrogen-bond donors (Lipinski definition) is 1. The molecule has 0 bridgehead atoms. The number of ether oxygens (including phenoxy) is 1. The Morgan fingerprint density at radius 3 is 2.15 bits per heavy atom. The normalized spacial score (nSPS) is 15.3. The summed E-state index contributed by atoms with van der Waals surface area (Å²) in [6.45, 7) is 11.3. The predicted molar refractivity (Wildman–Crippen MR) is 104 cm³/mol. The number of benzene rings is 1. The van der Waals surface area contributed by atoms with E-state index in [4.69, 9.17) is 4.74 Å². The fraction of sp³-hybridized carbons (Fsp3) is 0.550. The summed E-state index contributed by atoms with van der Waals surface area (Å²) < 4.78 is 4.94. The molecule has 27 heavy (non-hydrogen) atoms. The Balaban J connectivity index is 1.99. The molecule has 1 fully saturated rings. The summed E-state index contributed by atoms with van der Waals surface area (Å²) in [5.74, 6) is -0.940. The van der Waals surface area contributed by atoms with Crippen molar-refractivity contribution in [2.24, 2.45) is 5.41 Å². The van der Waals surface area contributed by atoms with Crippen LogP contribution in [0, 0.1) is 5.41 Å². The summed E-state index contributed by atoms with van der Waals surface area (Å²) in [6.07, 6.45) is 0. The summed E-state index contributed by atoms with van der Waals surface area (Å²) in [5.41, 5.74) is -0.225. The van der Waals surface area contributed by atoms with Crippen LogP contribution in [0.25, 0.3) is 0 Å². The minimum atomic E-state index is -1.17. The minimum Gasteiger partial charge on any atom is -0.462 e. The number of hydrogen-bond acceptors (Lipinski definition) is 5. The van der Waals surface area contributed by atoms with Gasteiger partial charge in [0.05, 0.1) is 12.2 Å². The van der Waals surface area contributed by atoms with E-state index in [0.717, 1.165) is 19.6 Å². The highest BCUT2D eigenvalue weighted by Gasteiger charge is 2.40. The first-order valence-electron chi connectivity index (χ1n) is 9.40. The molecule has 7 nitrogen and oxygen atoms in total. The van der Waals surface area contributed by atoms with Gasteiger partial charge in [-0.2, -0.15) is 0 Å². The maximum absolute atomic E-state index is 12.8. The first kappa shape index (κ1) is 20.9. The van der Waals surface area contributed by atoms with Crippen LogP contribution in [0.15, 0.2) is 24.3 Å². The lowest BCUT2D eigenvalue weighted by molar-refractivity contribution is -0.147. The van der Waals surface area contributed by atoms with Gasteiger partial charge in [-0.15, -0.1) is 0 Å². The Morgan fingerprint density at radius 2 is 1.63 bits per heavy atom. The van der Waals surface area contributed by atoms with Gasteiger partial charge in [0.25, 0.3) is 0 Å². The van der Waals surface area contributed by atoms with E-state index in [9.17, 15) is 14.4 Å². The third-order valence-electron chi connectivity index (χ3n) is 4.86. The van der Waals surface area contributed by atoms with Gasteiger partial charge in [-0.1, -0.05) is 6.92 Å². The summed E-state index contributed by atoms with van der Waals surface area (Å²) in [7, 11) is 0. The molecule has 0 atom stereocenters. The molecule has 148 valence electrons. The van der Waals surface area contributed by atoms with Crippen LogP contribution in [0.2, 0.25) is 0 Å². The molecule has 0 aromatic heterocycles. The molecule has 2 rings (SSSR count). The fourth-order valence-electron chi connectivity index (χ4n) is 2.95. The van der Waals surface area contributed by atoms with Gasteiger partial charge in [0.15, 0.2) is 0 Å². The van der Waals surface area contributed by atoms with Gasteiger partial charge in [-0.25, -0.2) is 4.79 Å². The molecule has 0 aliphatic carbocycles. The monoisotopic (exact) mass is 375 g/mol. The van der Waals surface area contributed by atoms with Crippen molar-refractivity contribution in [2.45, 2.75) is 27.7 Å². The molecule has 0 unspecified atom stereocenters. The van der Waals surface area contributed by atoms with Crippen molar-refractivity contribution in [2.75, 3.05) is 44.6 Å². The van der Waals surface area contributed by atoms with E-state index in [0.29, 0.717) is 30.9 Å². The molecule has 1 aromatic carbocycles. The lowest BCUT2D eigenvalue weighted by Crippen LogP contribution is -2.54. The van der Waals surface area contributed by atoms with Gasteiger partial charge in [0, 0.05) is 31.9 Å². The zero-order valence-corrected chi connectivity index (χ0v) is 16.6. The summed E-state index contributed by atoms with van der Waals surface area (Å²) in [5, 5.41) is 2.77. The molecule has 0 spiro atoms. The third-order valence-corrected chi connectivity index (χ3v) is 4.86. The Hall–Kier alpha value is -2.41. The Kier molecular flexibility index (Phi) is 6.96. The van der Waals surface area contributed by atoms with Crippen LogP contribution < -0.4 is 5.32 Å². The first-order valence-corrected chi connectivity index (χ1v) is 9.40. The second-order valence-corrected chi connectivity index (χ2v) is 7.10. The number of rotatable bonds is 6. The van der Waals surface area contributed by atoms with Crippen LogP contribution in [0.1, 0.15) is 38.1 Å². The van der Waals surface area contributed by atoms with Crippen molar-refractivity contribution < 1.29 is 19.1 Å². The summed E-state index contributed by atoms with van der Waals surface area (Å²) in [6, 6.07) is 6.44. The van der Waals surface area contributed by atoms with E-state index in [-0.39, 0.29) is 11.8 Å². The molecule has 1 heterocycles. The van der Waals surface area contributed by atoms with Crippen molar-refractivity contribution in [1.29, 1.82) is 0 Å². The Labute approximate surface area is 160 Å². The van der Waals surface area contributed by atoms with Crippen molar-refractivity contribution in [3.05, 3.63) is 29.8 Å². The highest BCUT2D eigenvalue weighted by atomic mass is 16.5. The lowest BCUT2D eigenvalue weighted by Gasteiger charge is -2.37. The molecule has 1 saturated heterocycles. The fourth-order valence-corrected chi connectivity index (χ4v) is 2.95. The van der Waals surface area contributed by atoms with Crippen molar-refractivity contribution in [1.82, 2.24) is 9.80 Å². The maximum atomic E-state index is 12.8. The molecule has 7 heteroatoms. The number of nitrogens with one attached hydrogen (secondary N) is 1. The predicted octanol–water partition coefficient (Wildman–Crippen LogP) is 1.99. The Bertz CT molecular complexity index is 677. The van der Waals surface area contributed by atoms with Gasteiger partial charge in [0.1, 0.15) is 5.41 Å². The van der Waals surface area contributed by atoms with Crippen molar-refractivity contribution in [3.8, 4) is 0 Å². The molecule has 1 aliphatic rings. The molecule has 1 N–H and O–H groups in total. The second-order valence-electron chi connectivity index (χ2n) is 7.10. The highest BCUT2D eigenvalue weighted by molar-refractivity contribution is 6.10. The summed E-state index contributed by atoms with van der Waals surface area (Å²) in [4.78, 5) is 41.3. The highest BCUT2D eigenvalue weighted by Crippen LogP contribution is 2.23. The number of piperazine rings is 1. The third kappa shape index (κ3) is 5.07. The number of carbonyl (C=O) groups excluding carboxylic acids is 3. The van der Waals surface area contributed by atoms with Gasteiger partial charge in [-0.05, 0) is 51.6 Å². The van der Waals surface area contributed by atoms with Crippen LogP contribution in [-0.4, -0.2) is 66.9 Å². The summed E-state index contributed by atoms with van der Waals surface area (Å²) >= 11 is 0. The lowest BCUT2D eigenvalue weighted by atomic mass is 9.89. The standard InChI is InChI=1S/C20H29N3O4/c1-5-22-11-13-23(14-12-22)19(26)20(3,4)18(25)21-16-9-7-15(8-10-16)17(24)27-6-2/h7-10H,5-6,11-14H2,1-4H3,(H,21,25). The van der Waals surface area contributed by atoms with Gasteiger partial charge < -0.3 is 19.9 Å². The smallest absolute Gasteiger partial charge is 0.338 e. The molecule has 1 aliphatic heterocycles. The average Bonchev–Trinajstić information content (AvgIpc) is 2.68. The minimum absolute atomic E-state index is 0.168.